The lowest BCUT2D eigenvalue weighted by atomic mass is 10.1. The molecule has 1 heterocycles. The summed E-state index contributed by atoms with van der Waals surface area (Å²) in [5, 5.41) is 3.99. The first-order valence-electron chi connectivity index (χ1n) is 7.76. The van der Waals surface area contributed by atoms with E-state index < -0.39 is 5.82 Å². The van der Waals surface area contributed by atoms with Crippen LogP contribution in [0.1, 0.15) is 16.1 Å². The van der Waals surface area contributed by atoms with Gasteiger partial charge >= 0.3 is 0 Å². The summed E-state index contributed by atoms with van der Waals surface area (Å²) in [6, 6.07) is 14.3. The highest BCUT2D eigenvalue weighted by atomic mass is 35.5. The first kappa shape index (κ1) is 17.6. The minimum absolute atomic E-state index is 0.0884. The maximum atomic E-state index is 13.8. The molecule has 0 radical (unpaired) electrons. The molecule has 0 spiro atoms. The summed E-state index contributed by atoms with van der Waals surface area (Å²) in [6.07, 6.45) is -0.0884. The third-order valence-corrected chi connectivity index (χ3v) is 5.32. The fourth-order valence-corrected chi connectivity index (χ4v) is 3.64. The first-order chi connectivity index (χ1) is 12.0. The number of carbonyl (C=O) groups is 1. The number of halogens is 2. The SMILES string of the molecule is Cc1nc(-c2ccccc2)sc1CNC(=O)Cc1c(F)cccc1Cl. The van der Waals surface area contributed by atoms with Crippen molar-refractivity contribution in [2.45, 2.75) is 19.9 Å². The summed E-state index contributed by atoms with van der Waals surface area (Å²) in [7, 11) is 0. The molecule has 1 aromatic heterocycles. The highest BCUT2D eigenvalue weighted by Crippen LogP contribution is 2.27. The van der Waals surface area contributed by atoms with Crippen LogP contribution in [0, 0.1) is 12.7 Å². The van der Waals surface area contributed by atoms with Gasteiger partial charge in [-0.15, -0.1) is 11.3 Å². The molecule has 3 aromatic rings. The zero-order chi connectivity index (χ0) is 17.8. The molecule has 0 aliphatic heterocycles. The molecule has 128 valence electrons. The second-order valence-corrected chi connectivity index (χ2v) is 7.04. The molecule has 6 heteroatoms. The van der Waals surface area contributed by atoms with E-state index in [1.807, 2.05) is 37.3 Å². The second-order valence-electron chi connectivity index (χ2n) is 5.55. The molecule has 0 aliphatic rings. The third-order valence-electron chi connectivity index (χ3n) is 3.76. The smallest absolute Gasteiger partial charge is 0.224 e. The average molecular weight is 375 g/mol. The largest absolute Gasteiger partial charge is 0.351 e. The van der Waals surface area contributed by atoms with E-state index in [0.29, 0.717) is 6.54 Å². The molecule has 3 nitrogen and oxygen atoms in total. The quantitative estimate of drug-likeness (QED) is 0.699. The number of thiazole rings is 1. The van der Waals surface area contributed by atoms with Crippen molar-refractivity contribution in [2.24, 2.45) is 0 Å². The van der Waals surface area contributed by atoms with Crippen LogP contribution >= 0.6 is 22.9 Å². The topological polar surface area (TPSA) is 42.0 Å². The van der Waals surface area contributed by atoms with Crippen molar-refractivity contribution in [3.63, 3.8) is 0 Å². The number of aryl methyl sites for hydroxylation is 1. The predicted molar refractivity (Wildman–Crippen MR) is 99.2 cm³/mol. The lowest BCUT2D eigenvalue weighted by molar-refractivity contribution is -0.120. The minimum Gasteiger partial charge on any atom is -0.351 e. The van der Waals surface area contributed by atoms with E-state index in [1.54, 1.807) is 17.4 Å². The zero-order valence-corrected chi connectivity index (χ0v) is 15.1. The van der Waals surface area contributed by atoms with Crippen molar-refractivity contribution in [2.75, 3.05) is 0 Å². The molecule has 25 heavy (non-hydrogen) atoms. The third kappa shape index (κ3) is 4.24. The molecule has 0 aliphatic carbocycles. The maximum Gasteiger partial charge on any atom is 0.224 e. The van der Waals surface area contributed by atoms with Crippen molar-refractivity contribution in [3.05, 3.63) is 75.5 Å². The molecule has 0 fully saturated rings. The van der Waals surface area contributed by atoms with Crippen LogP contribution in [-0.2, 0) is 17.8 Å². The summed E-state index contributed by atoms with van der Waals surface area (Å²) in [5.74, 6) is -0.746. The maximum absolute atomic E-state index is 13.8. The van der Waals surface area contributed by atoms with E-state index in [-0.39, 0.29) is 22.9 Å². The Kier molecular flexibility index (Phi) is 5.46. The number of benzene rings is 2. The number of amides is 1. The van der Waals surface area contributed by atoms with Gasteiger partial charge in [-0.25, -0.2) is 9.37 Å². The number of nitrogens with zero attached hydrogens (tertiary/aromatic N) is 1. The van der Waals surface area contributed by atoms with Crippen LogP contribution in [0.4, 0.5) is 4.39 Å². The Morgan fingerprint density at radius 1 is 1.20 bits per heavy atom. The standard InChI is InChI=1S/C19H16ClFN2OS/c1-12-17(25-19(23-12)13-6-3-2-4-7-13)11-22-18(24)10-14-15(20)8-5-9-16(14)21/h2-9H,10-11H2,1H3,(H,22,24). The fourth-order valence-electron chi connectivity index (χ4n) is 2.40. The lowest BCUT2D eigenvalue weighted by Gasteiger charge is -2.07. The molecule has 0 saturated carbocycles. The number of nitrogens with one attached hydrogen (secondary N) is 1. The van der Waals surface area contributed by atoms with E-state index in [1.165, 1.54) is 12.1 Å². The van der Waals surface area contributed by atoms with Gasteiger partial charge in [0.15, 0.2) is 0 Å². The zero-order valence-electron chi connectivity index (χ0n) is 13.6. The molecular formula is C19H16ClFN2OS. The number of hydrogen-bond donors (Lipinski definition) is 1. The van der Waals surface area contributed by atoms with Crippen molar-refractivity contribution in [1.82, 2.24) is 10.3 Å². The van der Waals surface area contributed by atoms with E-state index in [0.717, 1.165) is 21.1 Å². The fraction of sp³-hybridized carbons (Fsp3) is 0.158. The van der Waals surface area contributed by atoms with Gasteiger partial charge in [-0.3, -0.25) is 4.79 Å². The van der Waals surface area contributed by atoms with Crippen LogP contribution in [0.3, 0.4) is 0 Å². The lowest BCUT2D eigenvalue weighted by Crippen LogP contribution is -2.25. The molecule has 0 atom stereocenters. The Bertz CT molecular complexity index is 875. The summed E-state index contributed by atoms with van der Waals surface area (Å²) in [5.41, 5.74) is 2.15. The summed E-state index contributed by atoms with van der Waals surface area (Å²) in [6.45, 7) is 2.28. The van der Waals surface area contributed by atoms with Gasteiger partial charge in [0.25, 0.3) is 0 Å². The number of rotatable bonds is 5. The average Bonchev–Trinajstić information content (AvgIpc) is 2.98. The molecule has 1 N–H and O–H groups in total. The molecule has 0 unspecified atom stereocenters. The molecule has 2 aromatic carbocycles. The van der Waals surface area contributed by atoms with Gasteiger partial charge in [0.05, 0.1) is 18.7 Å². The monoisotopic (exact) mass is 374 g/mol. The van der Waals surface area contributed by atoms with E-state index in [9.17, 15) is 9.18 Å². The normalized spacial score (nSPS) is 10.7. The van der Waals surface area contributed by atoms with Crippen molar-refractivity contribution in [1.29, 1.82) is 0 Å². The molecule has 3 rings (SSSR count). The van der Waals surface area contributed by atoms with Gasteiger partial charge in [0, 0.05) is 21.0 Å². The molecule has 1 amide bonds. The number of carbonyl (C=O) groups excluding carboxylic acids is 1. The van der Waals surface area contributed by atoms with Gasteiger partial charge in [0.2, 0.25) is 5.91 Å². The van der Waals surface area contributed by atoms with E-state index in [2.05, 4.69) is 10.3 Å². The van der Waals surface area contributed by atoms with Gasteiger partial charge in [-0.05, 0) is 19.1 Å². The van der Waals surface area contributed by atoms with Crippen molar-refractivity contribution in [3.8, 4) is 10.6 Å². The van der Waals surface area contributed by atoms with Crippen LogP contribution in [0.5, 0.6) is 0 Å². The Hall–Kier alpha value is -2.24. The van der Waals surface area contributed by atoms with Crippen LogP contribution in [0.25, 0.3) is 10.6 Å². The minimum atomic E-state index is -0.469. The highest BCUT2D eigenvalue weighted by Gasteiger charge is 2.14. The van der Waals surface area contributed by atoms with E-state index in [4.69, 9.17) is 11.6 Å². The van der Waals surface area contributed by atoms with E-state index >= 15 is 0 Å². The van der Waals surface area contributed by atoms with Crippen molar-refractivity contribution >= 4 is 28.8 Å². The predicted octanol–water partition coefficient (Wildman–Crippen LogP) is 4.77. The Balaban J connectivity index is 1.66. The summed E-state index contributed by atoms with van der Waals surface area (Å²) in [4.78, 5) is 17.7. The van der Waals surface area contributed by atoms with Gasteiger partial charge in [-0.2, -0.15) is 0 Å². The van der Waals surface area contributed by atoms with Gasteiger partial charge in [-0.1, -0.05) is 48.0 Å². The summed E-state index contributed by atoms with van der Waals surface area (Å²) < 4.78 is 13.8. The van der Waals surface area contributed by atoms with Gasteiger partial charge in [0.1, 0.15) is 10.8 Å². The van der Waals surface area contributed by atoms with Crippen molar-refractivity contribution < 1.29 is 9.18 Å². The van der Waals surface area contributed by atoms with Gasteiger partial charge < -0.3 is 5.32 Å². The Labute approximate surface area is 154 Å². The summed E-state index contributed by atoms with van der Waals surface area (Å²) >= 11 is 7.50. The number of aromatic nitrogens is 1. The first-order valence-corrected chi connectivity index (χ1v) is 8.95. The molecule has 0 saturated heterocycles. The van der Waals surface area contributed by atoms with Crippen LogP contribution in [0.15, 0.2) is 48.5 Å². The molecule has 0 bridgehead atoms. The van der Waals surface area contributed by atoms with Crippen LogP contribution in [-0.4, -0.2) is 10.9 Å². The Morgan fingerprint density at radius 2 is 1.96 bits per heavy atom. The highest BCUT2D eigenvalue weighted by molar-refractivity contribution is 7.15. The van der Waals surface area contributed by atoms with Crippen LogP contribution in [0.2, 0.25) is 5.02 Å². The second kappa shape index (κ2) is 7.76. The molecular weight excluding hydrogens is 359 g/mol. The van der Waals surface area contributed by atoms with Crippen LogP contribution < -0.4 is 5.32 Å². The Morgan fingerprint density at radius 3 is 2.68 bits per heavy atom. The number of hydrogen-bond acceptors (Lipinski definition) is 3.